The third kappa shape index (κ3) is 10.1. The van der Waals surface area contributed by atoms with Crippen LogP contribution in [0.4, 0.5) is 0 Å². The summed E-state index contributed by atoms with van der Waals surface area (Å²) in [5.41, 5.74) is 3.54. The van der Waals surface area contributed by atoms with Crippen molar-refractivity contribution in [3.8, 4) is 5.75 Å². The summed E-state index contributed by atoms with van der Waals surface area (Å²) >= 11 is 5.86. The van der Waals surface area contributed by atoms with E-state index < -0.39 is 5.97 Å². The summed E-state index contributed by atoms with van der Waals surface area (Å²) in [6.45, 7) is 2.23. The van der Waals surface area contributed by atoms with E-state index in [1.54, 1.807) is 42.5 Å². The zero-order valence-electron chi connectivity index (χ0n) is 18.8. The van der Waals surface area contributed by atoms with Crippen LogP contribution in [-0.2, 0) is 4.79 Å². The maximum Gasteiger partial charge on any atom is 0.343 e. The molecule has 1 N–H and O–H groups in total. The van der Waals surface area contributed by atoms with Crippen molar-refractivity contribution in [2.24, 2.45) is 5.10 Å². The Labute approximate surface area is 196 Å². The second-order valence-electron chi connectivity index (χ2n) is 7.81. The number of hydrogen-bond acceptors (Lipinski definition) is 4. The number of unbranched alkanes of at least 4 members (excludes halogenated alkanes) is 8. The number of para-hydroxylation sites is 1. The zero-order valence-corrected chi connectivity index (χ0v) is 19.6. The van der Waals surface area contributed by atoms with Crippen molar-refractivity contribution in [1.29, 1.82) is 0 Å². The maximum atomic E-state index is 12.3. The third-order valence-corrected chi connectivity index (χ3v) is 5.35. The van der Waals surface area contributed by atoms with Gasteiger partial charge >= 0.3 is 5.97 Å². The molecule has 0 aliphatic carbocycles. The zero-order chi connectivity index (χ0) is 23.0. The van der Waals surface area contributed by atoms with Crippen molar-refractivity contribution in [2.75, 3.05) is 0 Å². The highest BCUT2D eigenvalue weighted by Crippen LogP contribution is 2.18. The number of nitrogens with one attached hydrogen (secondary N) is 1. The first-order valence-corrected chi connectivity index (χ1v) is 11.9. The number of rotatable bonds is 14. The predicted octanol–water partition coefficient (Wildman–Crippen LogP) is 6.93. The van der Waals surface area contributed by atoms with E-state index in [0.717, 1.165) is 12.8 Å². The second-order valence-corrected chi connectivity index (χ2v) is 8.24. The van der Waals surface area contributed by atoms with Gasteiger partial charge in [0.25, 0.3) is 0 Å². The molecule has 0 bridgehead atoms. The monoisotopic (exact) mass is 456 g/mol. The largest absolute Gasteiger partial charge is 0.422 e. The van der Waals surface area contributed by atoms with Crippen LogP contribution >= 0.6 is 11.6 Å². The molecule has 2 aromatic carbocycles. The van der Waals surface area contributed by atoms with Gasteiger partial charge in [0.05, 0.1) is 11.8 Å². The van der Waals surface area contributed by atoms with Crippen molar-refractivity contribution in [2.45, 2.75) is 71.1 Å². The van der Waals surface area contributed by atoms with E-state index in [0.29, 0.717) is 28.3 Å². The topological polar surface area (TPSA) is 67.8 Å². The number of hydrazone groups is 1. The Hall–Kier alpha value is -2.66. The van der Waals surface area contributed by atoms with E-state index in [4.69, 9.17) is 16.3 Å². The lowest BCUT2D eigenvalue weighted by molar-refractivity contribution is -0.121. The van der Waals surface area contributed by atoms with Gasteiger partial charge in [-0.05, 0) is 42.8 Å². The number of amides is 1. The second kappa shape index (κ2) is 15.2. The lowest BCUT2D eigenvalue weighted by Crippen LogP contribution is -2.17. The smallest absolute Gasteiger partial charge is 0.343 e. The van der Waals surface area contributed by atoms with Gasteiger partial charge < -0.3 is 4.74 Å². The van der Waals surface area contributed by atoms with Crippen LogP contribution in [-0.4, -0.2) is 18.1 Å². The molecular formula is C26H33ClN2O3. The van der Waals surface area contributed by atoms with Crippen LogP contribution in [0.3, 0.4) is 0 Å². The van der Waals surface area contributed by atoms with Gasteiger partial charge in [-0.25, -0.2) is 10.2 Å². The van der Waals surface area contributed by atoms with Crippen molar-refractivity contribution in [1.82, 2.24) is 5.43 Å². The third-order valence-electron chi connectivity index (χ3n) is 5.10. The van der Waals surface area contributed by atoms with E-state index in [1.807, 2.05) is 6.07 Å². The summed E-state index contributed by atoms with van der Waals surface area (Å²) in [7, 11) is 0. The number of halogens is 1. The van der Waals surface area contributed by atoms with Crippen LogP contribution in [0.15, 0.2) is 53.6 Å². The van der Waals surface area contributed by atoms with Crippen molar-refractivity contribution < 1.29 is 14.3 Å². The van der Waals surface area contributed by atoms with Gasteiger partial charge in [-0.2, -0.15) is 5.10 Å². The molecule has 32 heavy (non-hydrogen) atoms. The Morgan fingerprint density at radius 2 is 1.53 bits per heavy atom. The lowest BCUT2D eigenvalue weighted by atomic mass is 10.1. The van der Waals surface area contributed by atoms with Crippen molar-refractivity contribution in [3.63, 3.8) is 0 Å². The van der Waals surface area contributed by atoms with Crippen LogP contribution in [0.5, 0.6) is 5.75 Å². The lowest BCUT2D eigenvalue weighted by Gasteiger charge is -2.07. The Balaban J connectivity index is 1.71. The summed E-state index contributed by atoms with van der Waals surface area (Å²) in [6.07, 6.45) is 12.8. The predicted molar refractivity (Wildman–Crippen MR) is 130 cm³/mol. The molecule has 0 saturated heterocycles. The van der Waals surface area contributed by atoms with Gasteiger partial charge in [0, 0.05) is 17.0 Å². The van der Waals surface area contributed by atoms with Gasteiger partial charge in [0.1, 0.15) is 5.75 Å². The number of hydrogen-bond donors (Lipinski definition) is 1. The molecule has 172 valence electrons. The van der Waals surface area contributed by atoms with Gasteiger partial charge in [-0.1, -0.05) is 82.0 Å². The first-order chi connectivity index (χ1) is 15.6. The molecule has 0 fully saturated rings. The van der Waals surface area contributed by atoms with Crippen molar-refractivity contribution in [3.05, 3.63) is 64.7 Å². The number of nitrogens with zero attached hydrogens (tertiary/aromatic N) is 1. The van der Waals surface area contributed by atoms with E-state index in [-0.39, 0.29) is 5.91 Å². The molecule has 0 radical (unpaired) electrons. The fourth-order valence-electron chi connectivity index (χ4n) is 3.25. The van der Waals surface area contributed by atoms with Crippen LogP contribution < -0.4 is 10.2 Å². The Morgan fingerprint density at radius 3 is 2.22 bits per heavy atom. The normalized spacial score (nSPS) is 10.9. The molecule has 0 atom stereocenters. The van der Waals surface area contributed by atoms with E-state index in [1.165, 1.54) is 51.2 Å². The number of carbonyl (C=O) groups excluding carboxylic acids is 2. The number of esters is 1. The van der Waals surface area contributed by atoms with Crippen LogP contribution in [0.2, 0.25) is 5.02 Å². The fourth-order valence-corrected chi connectivity index (χ4v) is 3.38. The van der Waals surface area contributed by atoms with Gasteiger partial charge in [-0.3, -0.25) is 4.79 Å². The molecular weight excluding hydrogens is 424 g/mol. The van der Waals surface area contributed by atoms with E-state index in [9.17, 15) is 9.59 Å². The number of ether oxygens (including phenoxy) is 1. The SMILES string of the molecule is CCCCCCCCCCCC(=O)N/N=C\c1ccccc1OC(=O)c1ccc(Cl)cc1. The number of benzene rings is 2. The van der Waals surface area contributed by atoms with E-state index in [2.05, 4.69) is 17.5 Å². The summed E-state index contributed by atoms with van der Waals surface area (Å²) < 4.78 is 5.48. The molecule has 2 rings (SSSR count). The average molecular weight is 457 g/mol. The highest BCUT2D eigenvalue weighted by atomic mass is 35.5. The minimum absolute atomic E-state index is 0.111. The molecule has 0 spiro atoms. The Bertz CT molecular complexity index is 866. The highest BCUT2D eigenvalue weighted by Gasteiger charge is 2.11. The quantitative estimate of drug-likeness (QED) is 0.110. The minimum Gasteiger partial charge on any atom is -0.422 e. The summed E-state index contributed by atoms with van der Waals surface area (Å²) in [4.78, 5) is 24.3. The molecule has 0 unspecified atom stereocenters. The minimum atomic E-state index is -0.489. The van der Waals surface area contributed by atoms with E-state index >= 15 is 0 Å². The molecule has 0 heterocycles. The summed E-state index contributed by atoms with van der Waals surface area (Å²) in [5.74, 6) is -0.235. The van der Waals surface area contributed by atoms with Gasteiger partial charge in [0.2, 0.25) is 5.91 Å². The van der Waals surface area contributed by atoms with Crippen LogP contribution in [0.25, 0.3) is 0 Å². The van der Waals surface area contributed by atoms with Crippen molar-refractivity contribution >= 4 is 29.7 Å². The molecule has 6 heteroatoms. The number of carbonyl (C=O) groups is 2. The highest BCUT2D eigenvalue weighted by molar-refractivity contribution is 6.30. The van der Waals surface area contributed by atoms with Crippen LogP contribution in [0.1, 0.15) is 87.1 Å². The molecule has 0 aliphatic rings. The van der Waals surface area contributed by atoms with Crippen LogP contribution in [0, 0.1) is 0 Å². The first-order valence-electron chi connectivity index (χ1n) is 11.5. The molecule has 0 aliphatic heterocycles. The summed E-state index contributed by atoms with van der Waals surface area (Å²) in [6, 6.07) is 13.5. The summed E-state index contributed by atoms with van der Waals surface area (Å²) in [5, 5.41) is 4.57. The molecule has 0 aromatic heterocycles. The average Bonchev–Trinajstić information content (AvgIpc) is 2.79. The van der Waals surface area contributed by atoms with Gasteiger partial charge in [-0.15, -0.1) is 0 Å². The molecule has 1 amide bonds. The molecule has 0 saturated carbocycles. The first kappa shape index (κ1) is 25.6. The molecule has 2 aromatic rings. The fraction of sp³-hybridized carbons (Fsp3) is 0.423. The maximum absolute atomic E-state index is 12.3. The van der Waals surface area contributed by atoms with Gasteiger partial charge in [0.15, 0.2) is 0 Å². The molecule has 5 nitrogen and oxygen atoms in total. The Morgan fingerprint density at radius 1 is 0.906 bits per heavy atom. The standard InChI is InChI=1S/C26H33ClN2O3/c1-2-3-4-5-6-7-8-9-10-15-25(30)29-28-20-22-13-11-12-14-24(22)32-26(31)21-16-18-23(27)19-17-21/h11-14,16-20H,2-10,15H2,1H3,(H,29,30)/b28-20-. The Kier molecular flexibility index (Phi) is 12.2.